The molecule has 6 heteroatoms. The summed E-state index contributed by atoms with van der Waals surface area (Å²) in [5.74, 6) is 1.27. The van der Waals surface area contributed by atoms with Crippen LogP contribution in [0, 0.1) is 6.92 Å². The summed E-state index contributed by atoms with van der Waals surface area (Å²) >= 11 is 6.02. The number of rotatable bonds is 3. The minimum Gasteiger partial charge on any atom is -0.383 e. The first kappa shape index (κ1) is 14.9. The van der Waals surface area contributed by atoms with E-state index in [2.05, 4.69) is 25.9 Å². The molecule has 0 atom stereocenters. The van der Waals surface area contributed by atoms with Gasteiger partial charge >= 0.3 is 0 Å². The second-order valence-electron chi connectivity index (χ2n) is 5.40. The normalized spacial score (nSPS) is 15.6. The first-order chi connectivity index (χ1) is 10.6. The lowest BCUT2D eigenvalue weighted by Gasteiger charge is -2.26. The standard InChI is InChI=1S/C16H18ClN5/c1-11-20-9-13(16(18)21-11)10-22-6-3-12(4-7-22)15-8-14(17)2-5-19-15/h2-3,5,8-9H,4,6-7,10H2,1H3,(H2,18,20,21). The first-order valence-electron chi connectivity index (χ1n) is 7.23. The van der Waals surface area contributed by atoms with Crippen LogP contribution in [-0.4, -0.2) is 32.9 Å². The maximum absolute atomic E-state index is 6.02. The Morgan fingerprint density at radius 3 is 2.91 bits per heavy atom. The minimum atomic E-state index is 0.568. The molecule has 3 rings (SSSR count). The maximum atomic E-state index is 6.02. The third-order valence-corrected chi connectivity index (χ3v) is 3.99. The fraction of sp³-hybridized carbons (Fsp3) is 0.312. The van der Waals surface area contributed by atoms with Crippen LogP contribution in [0.5, 0.6) is 0 Å². The number of pyridine rings is 1. The molecule has 0 spiro atoms. The van der Waals surface area contributed by atoms with Gasteiger partial charge in [0.15, 0.2) is 0 Å². The van der Waals surface area contributed by atoms with Gasteiger partial charge in [0, 0.05) is 42.6 Å². The van der Waals surface area contributed by atoms with Gasteiger partial charge in [-0.25, -0.2) is 9.97 Å². The van der Waals surface area contributed by atoms with Crippen molar-refractivity contribution in [3.63, 3.8) is 0 Å². The lowest BCUT2D eigenvalue weighted by atomic mass is 10.0. The van der Waals surface area contributed by atoms with Gasteiger partial charge in [-0.1, -0.05) is 17.7 Å². The van der Waals surface area contributed by atoms with Crippen LogP contribution in [0.25, 0.3) is 5.57 Å². The number of nitrogens with zero attached hydrogens (tertiary/aromatic N) is 4. The third kappa shape index (κ3) is 3.43. The zero-order valence-electron chi connectivity index (χ0n) is 12.5. The number of nitrogen functional groups attached to an aromatic ring is 1. The van der Waals surface area contributed by atoms with Crippen molar-refractivity contribution in [1.82, 2.24) is 19.9 Å². The van der Waals surface area contributed by atoms with Gasteiger partial charge in [-0.15, -0.1) is 0 Å². The topological polar surface area (TPSA) is 67.9 Å². The maximum Gasteiger partial charge on any atom is 0.131 e. The average Bonchev–Trinajstić information content (AvgIpc) is 2.51. The van der Waals surface area contributed by atoms with Gasteiger partial charge in [-0.05, 0) is 31.1 Å². The van der Waals surface area contributed by atoms with Crippen molar-refractivity contribution in [2.45, 2.75) is 19.9 Å². The van der Waals surface area contributed by atoms with E-state index in [1.807, 2.05) is 19.2 Å². The number of nitrogens with two attached hydrogens (primary N) is 1. The summed E-state index contributed by atoms with van der Waals surface area (Å²) in [4.78, 5) is 15.1. The van der Waals surface area contributed by atoms with E-state index in [0.717, 1.165) is 42.3 Å². The predicted octanol–water partition coefficient (Wildman–Crippen LogP) is 2.70. The molecule has 22 heavy (non-hydrogen) atoms. The van der Waals surface area contributed by atoms with Gasteiger partial charge < -0.3 is 5.73 Å². The Balaban J connectivity index is 1.68. The molecule has 0 bridgehead atoms. The van der Waals surface area contributed by atoms with Crippen molar-refractivity contribution < 1.29 is 0 Å². The van der Waals surface area contributed by atoms with E-state index >= 15 is 0 Å². The summed E-state index contributed by atoms with van der Waals surface area (Å²) in [5.41, 5.74) is 9.14. The number of halogens is 1. The van der Waals surface area contributed by atoms with Gasteiger partial charge in [0.1, 0.15) is 11.6 Å². The van der Waals surface area contributed by atoms with E-state index in [0.29, 0.717) is 11.6 Å². The van der Waals surface area contributed by atoms with Gasteiger partial charge in [0.2, 0.25) is 0 Å². The van der Waals surface area contributed by atoms with Crippen molar-refractivity contribution >= 4 is 23.0 Å². The Morgan fingerprint density at radius 1 is 1.36 bits per heavy atom. The van der Waals surface area contributed by atoms with Crippen LogP contribution in [-0.2, 0) is 6.54 Å². The van der Waals surface area contributed by atoms with E-state index in [1.165, 1.54) is 5.57 Å². The Labute approximate surface area is 134 Å². The zero-order valence-corrected chi connectivity index (χ0v) is 13.2. The SMILES string of the molecule is Cc1ncc(CN2CC=C(c3cc(Cl)ccn3)CC2)c(N)n1. The van der Waals surface area contributed by atoms with E-state index in [4.69, 9.17) is 17.3 Å². The zero-order chi connectivity index (χ0) is 15.5. The molecule has 0 aromatic carbocycles. The molecule has 0 saturated heterocycles. The Bertz CT molecular complexity index is 713. The molecule has 5 nitrogen and oxygen atoms in total. The van der Waals surface area contributed by atoms with Crippen LogP contribution in [0.2, 0.25) is 5.02 Å². The summed E-state index contributed by atoms with van der Waals surface area (Å²) in [6.07, 6.45) is 6.71. The van der Waals surface area contributed by atoms with Crippen molar-refractivity contribution in [2.24, 2.45) is 0 Å². The molecular formula is C16H18ClN5. The van der Waals surface area contributed by atoms with Crippen molar-refractivity contribution in [1.29, 1.82) is 0 Å². The number of aryl methyl sites for hydroxylation is 1. The van der Waals surface area contributed by atoms with Crippen molar-refractivity contribution in [2.75, 3.05) is 18.8 Å². The number of anilines is 1. The fourth-order valence-corrected chi connectivity index (χ4v) is 2.70. The average molecular weight is 316 g/mol. The van der Waals surface area contributed by atoms with E-state index in [9.17, 15) is 0 Å². The van der Waals surface area contributed by atoms with Crippen LogP contribution in [0.1, 0.15) is 23.5 Å². The highest BCUT2D eigenvalue weighted by Crippen LogP contribution is 2.24. The molecule has 2 aromatic heterocycles. The summed E-state index contributed by atoms with van der Waals surface area (Å²) in [6.45, 7) is 4.41. The summed E-state index contributed by atoms with van der Waals surface area (Å²) in [6, 6.07) is 3.70. The van der Waals surface area contributed by atoms with E-state index < -0.39 is 0 Å². The Hall–Kier alpha value is -1.98. The van der Waals surface area contributed by atoms with E-state index in [1.54, 1.807) is 12.3 Å². The predicted molar refractivity (Wildman–Crippen MR) is 88.3 cm³/mol. The molecule has 2 aromatic rings. The molecule has 0 unspecified atom stereocenters. The lowest BCUT2D eigenvalue weighted by molar-refractivity contribution is 0.293. The van der Waals surface area contributed by atoms with Crippen LogP contribution in [0.3, 0.4) is 0 Å². The highest BCUT2D eigenvalue weighted by Gasteiger charge is 2.15. The fourth-order valence-electron chi connectivity index (χ4n) is 2.54. The van der Waals surface area contributed by atoms with Crippen LogP contribution in [0.4, 0.5) is 5.82 Å². The Morgan fingerprint density at radius 2 is 2.23 bits per heavy atom. The number of aromatic nitrogens is 3. The highest BCUT2D eigenvalue weighted by molar-refractivity contribution is 6.30. The molecule has 114 valence electrons. The summed E-state index contributed by atoms with van der Waals surface area (Å²) in [7, 11) is 0. The lowest BCUT2D eigenvalue weighted by Crippen LogP contribution is -2.28. The molecule has 0 radical (unpaired) electrons. The molecule has 0 fully saturated rings. The Kier molecular flexibility index (Phi) is 4.36. The molecule has 1 aliphatic rings. The molecule has 0 amide bonds. The third-order valence-electron chi connectivity index (χ3n) is 3.76. The van der Waals surface area contributed by atoms with Gasteiger partial charge in [-0.3, -0.25) is 9.88 Å². The number of hydrogen-bond acceptors (Lipinski definition) is 5. The summed E-state index contributed by atoms with van der Waals surface area (Å²) in [5, 5.41) is 0.720. The van der Waals surface area contributed by atoms with Crippen LogP contribution in [0.15, 0.2) is 30.6 Å². The second-order valence-corrected chi connectivity index (χ2v) is 5.84. The minimum absolute atomic E-state index is 0.568. The van der Waals surface area contributed by atoms with Crippen LogP contribution >= 0.6 is 11.6 Å². The van der Waals surface area contributed by atoms with Gasteiger partial charge in [-0.2, -0.15) is 0 Å². The van der Waals surface area contributed by atoms with Crippen LogP contribution < -0.4 is 5.73 Å². The van der Waals surface area contributed by atoms with Gasteiger partial charge in [0.05, 0.1) is 5.69 Å². The molecule has 0 aliphatic carbocycles. The molecule has 0 saturated carbocycles. The molecule has 1 aliphatic heterocycles. The van der Waals surface area contributed by atoms with E-state index in [-0.39, 0.29) is 0 Å². The smallest absolute Gasteiger partial charge is 0.131 e. The molecule has 3 heterocycles. The first-order valence-corrected chi connectivity index (χ1v) is 7.61. The monoisotopic (exact) mass is 315 g/mol. The second kappa shape index (κ2) is 6.42. The van der Waals surface area contributed by atoms with Gasteiger partial charge in [0.25, 0.3) is 0 Å². The van der Waals surface area contributed by atoms with Crippen molar-refractivity contribution in [3.8, 4) is 0 Å². The number of hydrogen-bond donors (Lipinski definition) is 1. The highest BCUT2D eigenvalue weighted by atomic mass is 35.5. The quantitative estimate of drug-likeness (QED) is 0.943. The summed E-state index contributed by atoms with van der Waals surface area (Å²) < 4.78 is 0. The largest absolute Gasteiger partial charge is 0.383 e. The molecule has 2 N–H and O–H groups in total. The molecular weight excluding hydrogens is 298 g/mol. The van der Waals surface area contributed by atoms with Crippen molar-refractivity contribution in [3.05, 3.63) is 52.7 Å².